The van der Waals surface area contributed by atoms with Crippen molar-refractivity contribution in [1.29, 1.82) is 0 Å². The van der Waals surface area contributed by atoms with Gasteiger partial charge in [0.1, 0.15) is 6.54 Å². The minimum atomic E-state index is -0.361. The van der Waals surface area contributed by atoms with E-state index in [4.69, 9.17) is 4.74 Å². The zero-order valence-electron chi connectivity index (χ0n) is 11.8. The van der Waals surface area contributed by atoms with E-state index in [1.54, 1.807) is 34.1 Å². The number of hydrogen-bond acceptors (Lipinski definition) is 4. The number of fused-ring (bicyclic) bond motifs is 1. The highest BCUT2D eigenvalue weighted by molar-refractivity contribution is 5.89. The van der Waals surface area contributed by atoms with E-state index >= 15 is 0 Å². The van der Waals surface area contributed by atoms with E-state index < -0.39 is 0 Å². The molecule has 1 heterocycles. The van der Waals surface area contributed by atoms with Gasteiger partial charge in [0, 0.05) is 13.1 Å². The van der Waals surface area contributed by atoms with E-state index in [1.165, 1.54) is 0 Å². The van der Waals surface area contributed by atoms with Crippen molar-refractivity contribution in [3.63, 3.8) is 0 Å². The maximum Gasteiger partial charge on any atom is 0.331 e. The van der Waals surface area contributed by atoms with Crippen molar-refractivity contribution in [2.45, 2.75) is 0 Å². The van der Waals surface area contributed by atoms with Crippen LogP contribution in [-0.4, -0.2) is 43.0 Å². The molecule has 110 valence electrons. The van der Waals surface area contributed by atoms with Crippen LogP contribution in [0.5, 0.6) is 5.75 Å². The Labute approximate surface area is 124 Å². The molecule has 1 aliphatic rings. The third-order valence-corrected chi connectivity index (χ3v) is 3.13. The van der Waals surface area contributed by atoms with Crippen LogP contribution in [-0.2, 0) is 9.59 Å². The first-order valence-corrected chi connectivity index (χ1v) is 6.70. The molecule has 0 aliphatic carbocycles. The second kappa shape index (κ2) is 6.74. The molecule has 1 aromatic rings. The van der Waals surface area contributed by atoms with Crippen LogP contribution in [0.4, 0.5) is 5.69 Å². The van der Waals surface area contributed by atoms with Gasteiger partial charge in [0.2, 0.25) is 5.91 Å². The zero-order chi connectivity index (χ0) is 15.2. The molecule has 0 unspecified atom stereocenters. The largest absolute Gasteiger partial charge is 0.423 e. The molecule has 0 atom stereocenters. The Morgan fingerprint density at radius 2 is 1.95 bits per heavy atom. The monoisotopic (exact) mass is 286 g/mol. The Balaban J connectivity index is 2.15. The van der Waals surface area contributed by atoms with Gasteiger partial charge < -0.3 is 14.5 Å². The highest BCUT2D eigenvalue weighted by atomic mass is 16.5. The van der Waals surface area contributed by atoms with Gasteiger partial charge in [0.15, 0.2) is 5.75 Å². The minimum Gasteiger partial charge on any atom is -0.423 e. The van der Waals surface area contributed by atoms with Crippen LogP contribution >= 0.6 is 0 Å². The number of amides is 1. The van der Waals surface area contributed by atoms with Gasteiger partial charge in [-0.25, -0.2) is 4.79 Å². The molecule has 0 N–H and O–H groups in total. The summed E-state index contributed by atoms with van der Waals surface area (Å²) in [6.45, 7) is 8.37. The summed E-state index contributed by atoms with van der Waals surface area (Å²) >= 11 is 0. The highest BCUT2D eigenvalue weighted by Crippen LogP contribution is 2.31. The molecule has 0 aromatic heterocycles. The van der Waals surface area contributed by atoms with Gasteiger partial charge >= 0.3 is 5.97 Å². The maximum atomic E-state index is 12.3. The summed E-state index contributed by atoms with van der Waals surface area (Å²) in [5, 5.41) is 0. The number of hydrogen-bond donors (Lipinski definition) is 0. The fraction of sp³-hybridized carbons (Fsp3) is 0.250. The lowest BCUT2D eigenvalue weighted by atomic mass is 10.2. The van der Waals surface area contributed by atoms with Crippen molar-refractivity contribution in [3.05, 3.63) is 49.6 Å². The average molecular weight is 286 g/mol. The van der Waals surface area contributed by atoms with Gasteiger partial charge in [-0.15, -0.1) is 13.2 Å². The highest BCUT2D eigenvalue weighted by Gasteiger charge is 2.26. The fourth-order valence-corrected chi connectivity index (χ4v) is 2.19. The number of carbonyl (C=O) groups excluding carboxylic acids is 2. The van der Waals surface area contributed by atoms with Crippen LogP contribution in [0.3, 0.4) is 0 Å². The molecule has 0 saturated heterocycles. The van der Waals surface area contributed by atoms with Crippen molar-refractivity contribution in [3.8, 4) is 5.75 Å². The molecule has 0 spiro atoms. The van der Waals surface area contributed by atoms with Crippen molar-refractivity contribution >= 4 is 17.6 Å². The van der Waals surface area contributed by atoms with Gasteiger partial charge in [-0.3, -0.25) is 4.79 Å². The smallest absolute Gasteiger partial charge is 0.331 e. The van der Waals surface area contributed by atoms with Gasteiger partial charge in [-0.1, -0.05) is 24.3 Å². The topological polar surface area (TPSA) is 49.9 Å². The number of esters is 1. The number of carbonyl (C=O) groups is 2. The van der Waals surface area contributed by atoms with E-state index in [1.807, 2.05) is 12.1 Å². The fourth-order valence-electron chi connectivity index (χ4n) is 2.19. The van der Waals surface area contributed by atoms with Crippen LogP contribution in [0.25, 0.3) is 0 Å². The summed E-state index contributed by atoms with van der Waals surface area (Å²) in [5.41, 5.74) is 0.752. The second-order valence-corrected chi connectivity index (χ2v) is 4.67. The quantitative estimate of drug-likeness (QED) is 0.453. The third-order valence-electron chi connectivity index (χ3n) is 3.13. The predicted octanol–water partition coefficient (Wildman–Crippen LogP) is 1.61. The van der Waals surface area contributed by atoms with E-state index in [0.29, 0.717) is 18.8 Å². The molecule has 0 bridgehead atoms. The molecule has 5 heteroatoms. The first kappa shape index (κ1) is 14.8. The van der Waals surface area contributed by atoms with Gasteiger partial charge in [0.05, 0.1) is 12.2 Å². The van der Waals surface area contributed by atoms with Crippen LogP contribution < -0.4 is 9.64 Å². The normalized spacial score (nSPS) is 13.1. The summed E-state index contributed by atoms with van der Waals surface area (Å²) in [4.78, 5) is 27.3. The van der Waals surface area contributed by atoms with E-state index in [2.05, 4.69) is 13.2 Å². The summed E-state index contributed by atoms with van der Waals surface area (Å²) in [6, 6.07) is 7.19. The van der Waals surface area contributed by atoms with Crippen molar-refractivity contribution in [2.75, 3.05) is 31.1 Å². The van der Waals surface area contributed by atoms with Gasteiger partial charge in [-0.05, 0) is 12.1 Å². The van der Waals surface area contributed by atoms with Gasteiger partial charge in [0.25, 0.3) is 0 Å². The van der Waals surface area contributed by atoms with Crippen LogP contribution in [0.1, 0.15) is 0 Å². The number of ether oxygens (including phenoxy) is 1. The standard InChI is InChI=1S/C16H18N2O3/c1-3-9-17(10-4-2)15(19)11-18-12-16(20)21-14-8-6-5-7-13(14)18/h3-8H,1-2,9-12H2. The molecule has 1 aromatic carbocycles. The van der Waals surface area contributed by atoms with E-state index in [0.717, 1.165) is 5.69 Å². The molecule has 2 rings (SSSR count). The Morgan fingerprint density at radius 1 is 1.29 bits per heavy atom. The van der Waals surface area contributed by atoms with Crippen molar-refractivity contribution in [2.24, 2.45) is 0 Å². The Morgan fingerprint density at radius 3 is 2.62 bits per heavy atom. The molecule has 5 nitrogen and oxygen atoms in total. The third kappa shape index (κ3) is 3.51. The molecule has 1 amide bonds. The van der Waals surface area contributed by atoms with Crippen LogP contribution in [0, 0.1) is 0 Å². The van der Waals surface area contributed by atoms with Crippen LogP contribution in [0.2, 0.25) is 0 Å². The van der Waals surface area contributed by atoms with E-state index in [-0.39, 0.29) is 25.0 Å². The number of rotatable bonds is 6. The molecule has 21 heavy (non-hydrogen) atoms. The summed E-state index contributed by atoms with van der Waals surface area (Å²) in [7, 11) is 0. The molecular weight excluding hydrogens is 268 g/mol. The first-order valence-electron chi connectivity index (χ1n) is 6.70. The van der Waals surface area contributed by atoms with E-state index in [9.17, 15) is 9.59 Å². The average Bonchev–Trinajstić information content (AvgIpc) is 2.46. The van der Waals surface area contributed by atoms with Crippen molar-refractivity contribution < 1.29 is 14.3 Å². The number of nitrogens with zero attached hydrogens (tertiary/aromatic N) is 2. The lowest BCUT2D eigenvalue weighted by molar-refractivity contribution is -0.133. The lowest BCUT2D eigenvalue weighted by Gasteiger charge is -2.31. The zero-order valence-corrected chi connectivity index (χ0v) is 11.8. The number of benzene rings is 1. The SMILES string of the molecule is C=CCN(CC=C)C(=O)CN1CC(=O)Oc2ccccc21. The first-order chi connectivity index (χ1) is 10.2. The summed E-state index contributed by atoms with van der Waals surface area (Å²) < 4.78 is 5.16. The second-order valence-electron chi connectivity index (χ2n) is 4.67. The van der Waals surface area contributed by atoms with Crippen molar-refractivity contribution in [1.82, 2.24) is 4.90 Å². The maximum absolute atomic E-state index is 12.3. The van der Waals surface area contributed by atoms with Crippen LogP contribution in [0.15, 0.2) is 49.6 Å². The lowest BCUT2D eigenvalue weighted by Crippen LogP contribution is -2.45. The Hall–Kier alpha value is -2.56. The molecule has 0 saturated carbocycles. The Kier molecular flexibility index (Phi) is 4.77. The van der Waals surface area contributed by atoms with Gasteiger partial charge in [-0.2, -0.15) is 0 Å². The summed E-state index contributed by atoms with van der Waals surface area (Å²) in [6.07, 6.45) is 3.33. The molecule has 0 fully saturated rings. The molecular formula is C16H18N2O3. The number of para-hydroxylation sites is 2. The predicted molar refractivity (Wildman–Crippen MR) is 81.3 cm³/mol. The number of anilines is 1. The Bertz CT molecular complexity index is 558. The molecule has 0 radical (unpaired) electrons. The minimum absolute atomic E-state index is 0.0682. The summed E-state index contributed by atoms with van der Waals surface area (Å²) in [5.74, 6) is 0.0420. The molecule has 1 aliphatic heterocycles.